The molecular formula is C8H6F2IN3. The van der Waals surface area contributed by atoms with Crippen molar-refractivity contribution in [2.24, 2.45) is 0 Å². The lowest BCUT2D eigenvalue weighted by Crippen LogP contribution is -2.04. The first-order valence-corrected chi connectivity index (χ1v) is 4.74. The molecule has 1 aromatic rings. The van der Waals surface area contributed by atoms with Gasteiger partial charge in [-0.3, -0.25) is 0 Å². The van der Waals surface area contributed by atoms with Gasteiger partial charge in [0.25, 0.3) is 6.43 Å². The molecule has 0 aromatic carbocycles. The van der Waals surface area contributed by atoms with Crippen LogP contribution in [-0.4, -0.2) is 4.98 Å². The summed E-state index contributed by atoms with van der Waals surface area (Å²) in [6, 6.07) is 3.03. The molecule has 0 spiro atoms. The van der Waals surface area contributed by atoms with Crippen molar-refractivity contribution in [2.45, 2.75) is 12.8 Å². The molecule has 6 heteroatoms. The summed E-state index contributed by atoms with van der Waals surface area (Å²) in [6.07, 6.45) is -2.77. The van der Waals surface area contributed by atoms with Gasteiger partial charge in [0.1, 0.15) is 9.52 Å². The Morgan fingerprint density at radius 1 is 1.64 bits per heavy atom. The van der Waals surface area contributed by atoms with Gasteiger partial charge >= 0.3 is 0 Å². The van der Waals surface area contributed by atoms with Gasteiger partial charge in [-0.2, -0.15) is 5.26 Å². The number of aromatic nitrogens is 1. The summed E-state index contributed by atoms with van der Waals surface area (Å²) in [5.74, 6) is 0.00810. The molecule has 3 nitrogen and oxygen atoms in total. The normalized spacial score (nSPS) is 10.2. The minimum atomic E-state index is -2.63. The van der Waals surface area contributed by atoms with E-state index in [1.54, 1.807) is 28.7 Å². The molecule has 0 unspecified atom stereocenters. The van der Waals surface area contributed by atoms with E-state index >= 15 is 0 Å². The number of nitrogen functional groups attached to an aromatic ring is 1. The number of nitrogens with two attached hydrogens (primary N) is 1. The van der Waals surface area contributed by atoms with Crippen LogP contribution in [0.3, 0.4) is 0 Å². The number of hydrogen-bond acceptors (Lipinski definition) is 3. The third kappa shape index (κ3) is 2.29. The lowest BCUT2D eigenvalue weighted by Gasteiger charge is -2.08. The summed E-state index contributed by atoms with van der Waals surface area (Å²) in [5, 5.41) is 8.44. The summed E-state index contributed by atoms with van der Waals surface area (Å²) < 4.78 is 25.4. The average molecular weight is 309 g/mol. The van der Waals surface area contributed by atoms with Gasteiger partial charge < -0.3 is 5.73 Å². The van der Waals surface area contributed by atoms with E-state index in [-0.39, 0.29) is 23.4 Å². The SMILES string of the molecule is N#CCc1c(C(F)F)cc(I)nc1N. The first-order chi connectivity index (χ1) is 6.56. The zero-order chi connectivity index (χ0) is 10.7. The van der Waals surface area contributed by atoms with E-state index in [2.05, 4.69) is 4.98 Å². The molecule has 0 saturated carbocycles. The lowest BCUT2D eigenvalue weighted by atomic mass is 10.1. The van der Waals surface area contributed by atoms with E-state index in [1.165, 1.54) is 6.07 Å². The van der Waals surface area contributed by atoms with Crippen molar-refractivity contribution in [1.29, 1.82) is 5.26 Å². The lowest BCUT2D eigenvalue weighted by molar-refractivity contribution is 0.150. The average Bonchev–Trinajstić information content (AvgIpc) is 2.09. The van der Waals surface area contributed by atoms with Crippen molar-refractivity contribution in [3.63, 3.8) is 0 Å². The largest absolute Gasteiger partial charge is 0.383 e. The minimum absolute atomic E-state index is 0.00810. The van der Waals surface area contributed by atoms with E-state index in [4.69, 9.17) is 11.0 Å². The van der Waals surface area contributed by atoms with Gasteiger partial charge in [0.05, 0.1) is 12.5 Å². The van der Waals surface area contributed by atoms with Gasteiger partial charge in [0.15, 0.2) is 0 Å². The zero-order valence-corrected chi connectivity index (χ0v) is 9.12. The number of nitrogens with zero attached hydrogens (tertiary/aromatic N) is 2. The second-order valence-corrected chi connectivity index (χ2v) is 3.64. The Balaban J connectivity index is 3.30. The van der Waals surface area contributed by atoms with Crippen LogP contribution in [0.4, 0.5) is 14.6 Å². The van der Waals surface area contributed by atoms with Crippen molar-refractivity contribution >= 4 is 28.4 Å². The van der Waals surface area contributed by atoms with E-state index in [0.717, 1.165) is 0 Å². The van der Waals surface area contributed by atoms with Gasteiger partial charge in [0, 0.05) is 11.1 Å². The highest BCUT2D eigenvalue weighted by Crippen LogP contribution is 2.27. The zero-order valence-electron chi connectivity index (χ0n) is 6.97. The summed E-state index contributed by atoms with van der Waals surface area (Å²) in [6.45, 7) is 0. The Labute approximate surface area is 93.1 Å². The van der Waals surface area contributed by atoms with E-state index in [0.29, 0.717) is 3.70 Å². The van der Waals surface area contributed by atoms with Gasteiger partial charge in [0.2, 0.25) is 0 Å². The van der Waals surface area contributed by atoms with Crippen LogP contribution in [0, 0.1) is 15.0 Å². The fourth-order valence-electron chi connectivity index (χ4n) is 1.04. The molecule has 0 bridgehead atoms. The number of pyridine rings is 1. The summed E-state index contributed by atoms with van der Waals surface area (Å²) in [4.78, 5) is 3.82. The number of alkyl halides is 2. The Bertz CT molecular complexity index is 387. The van der Waals surface area contributed by atoms with Crippen molar-refractivity contribution < 1.29 is 8.78 Å². The van der Waals surface area contributed by atoms with Gasteiger partial charge in [-0.25, -0.2) is 13.8 Å². The van der Waals surface area contributed by atoms with Gasteiger partial charge in [-0.15, -0.1) is 0 Å². The molecule has 2 N–H and O–H groups in total. The highest BCUT2D eigenvalue weighted by molar-refractivity contribution is 14.1. The molecule has 0 aliphatic heterocycles. The molecule has 0 fully saturated rings. The number of hydrogen-bond donors (Lipinski definition) is 1. The molecule has 1 heterocycles. The topological polar surface area (TPSA) is 62.7 Å². The summed E-state index contributed by atoms with van der Waals surface area (Å²) >= 11 is 1.80. The van der Waals surface area contributed by atoms with Crippen LogP contribution in [0.2, 0.25) is 0 Å². The van der Waals surface area contributed by atoms with Crippen molar-refractivity contribution in [2.75, 3.05) is 5.73 Å². The number of anilines is 1. The highest BCUT2D eigenvalue weighted by Gasteiger charge is 2.16. The molecule has 0 radical (unpaired) electrons. The molecule has 1 rings (SSSR count). The van der Waals surface area contributed by atoms with E-state index < -0.39 is 6.43 Å². The van der Waals surface area contributed by atoms with E-state index in [9.17, 15) is 8.78 Å². The monoisotopic (exact) mass is 309 g/mol. The van der Waals surface area contributed by atoms with Gasteiger partial charge in [-0.1, -0.05) is 0 Å². The highest BCUT2D eigenvalue weighted by atomic mass is 127. The van der Waals surface area contributed by atoms with E-state index in [1.807, 2.05) is 0 Å². The smallest absolute Gasteiger partial charge is 0.264 e. The van der Waals surface area contributed by atoms with Crippen LogP contribution in [0.15, 0.2) is 6.07 Å². The molecule has 0 saturated heterocycles. The molecule has 74 valence electrons. The Kier molecular flexibility index (Phi) is 3.57. The van der Waals surface area contributed by atoms with Crippen LogP contribution in [-0.2, 0) is 6.42 Å². The number of nitriles is 1. The van der Waals surface area contributed by atoms with Crippen LogP contribution in [0.5, 0.6) is 0 Å². The standard InChI is InChI=1S/C8H6F2IN3/c9-7(10)5-3-6(11)14-8(13)4(5)1-2-12/h3,7H,1H2,(H2,13,14). The van der Waals surface area contributed by atoms with Crippen LogP contribution in [0.25, 0.3) is 0 Å². The number of rotatable bonds is 2. The quantitative estimate of drug-likeness (QED) is 0.673. The van der Waals surface area contributed by atoms with Crippen LogP contribution >= 0.6 is 22.6 Å². The predicted octanol–water partition coefficient (Wildman–Crippen LogP) is 2.27. The Morgan fingerprint density at radius 3 is 2.79 bits per heavy atom. The Morgan fingerprint density at radius 2 is 2.29 bits per heavy atom. The summed E-state index contributed by atoms with van der Waals surface area (Å²) in [7, 11) is 0. The fourth-order valence-corrected chi connectivity index (χ4v) is 1.64. The second-order valence-electron chi connectivity index (χ2n) is 2.53. The molecule has 0 atom stereocenters. The number of halogens is 3. The maximum absolute atomic E-state index is 12.5. The molecule has 0 aliphatic rings. The predicted molar refractivity (Wildman–Crippen MR) is 55.6 cm³/mol. The molecule has 1 aromatic heterocycles. The third-order valence-electron chi connectivity index (χ3n) is 1.65. The maximum atomic E-state index is 12.5. The molecule has 0 amide bonds. The van der Waals surface area contributed by atoms with Crippen molar-refractivity contribution in [3.8, 4) is 6.07 Å². The van der Waals surface area contributed by atoms with Crippen molar-refractivity contribution in [1.82, 2.24) is 4.98 Å². The van der Waals surface area contributed by atoms with Crippen LogP contribution < -0.4 is 5.73 Å². The van der Waals surface area contributed by atoms with Crippen molar-refractivity contribution in [3.05, 3.63) is 20.9 Å². The Hall–Kier alpha value is -0.970. The van der Waals surface area contributed by atoms with Crippen LogP contribution in [0.1, 0.15) is 17.6 Å². The molecular weight excluding hydrogens is 303 g/mol. The first-order valence-electron chi connectivity index (χ1n) is 3.66. The minimum Gasteiger partial charge on any atom is -0.383 e. The fraction of sp³-hybridized carbons (Fsp3) is 0.250. The summed E-state index contributed by atoms with van der Waals surface area (Å²) in [5.41, 5.74) is 5.37. The maximum Gasteiger partial charge on any atom is 0.264 e. The molecule has 0 aliphatic carbocycles. The van der Waals surface area contributed by atoms with Gasteiger partial charge in [-0.05, 0) is 28.7 Å². The first kappa shape index (κ1) is 11.1. The second kappa shape index (κ2) is 4.50. The third-order valence-corrected chi connectivity index (χ3v) is 2.20. The molecule has 14 heavy (non-hydrogen) atoms.